The van der Waals surface area contributed by atoms with Gasteiger partial charge in [-0.05, 0) is 43.2 Å². The average Bonchev–Trinajstić information content (AvgIpc) is 3.36. The van der Waals surface area contributed by atoms with Crippen LogP contribution in [0, 0.1) is 5.41 Å². The van der Waals surface area contributed by atoms with E-state index in [2.05, 4.69) is 25.0 Å². The van der Waals surface area contributed by atoms with Gasteiger partial charge in [-0.15, -0.1) is 0 Å². The molecule has 2 heterocycles. The Bertz CT molecular complexity index is 905. The molecule has 1 aromatic carbocycles. The summed E-state index contributed by atoms with van der Waals surface area (Å²) in [5, 5.41) is 2.98. The molecule has 3 aliphatic rings. The maximum Gasteiger partial charge on any atom is 0.326 e. The van der Waals surface area contributed by atoms with Gasteiger partial charge in [0.1, 0.15) is 12.3 Å². The number of carbonyl (C=O) groups excluding carboxylic acids is 2. The van der Waals surface area contributed by atoms with Crippen LogP contribution in [0.3, 0.4) is 0 Å². The van der Waals surface area contributed by atoms with Crippen molar-refractivity contribution in [3.63, 3.8) is 0 Å². The lowest BCUT2D eigenvalue weighted by atomic mass is 9.66. The molecule has 3 fully saturated rings. The molecule has 36 heavy (non-hydrogen) atoms. The first kappa shape index (κ1) is 27.3. The van der Waals surface area contributed by atoms with Gasteiger partial charge in [0, 0.05) is 27.5 Å². The molecule has 8 nitrogen and oxygen atoms in total. The van der Waals surface area contributed by atoms with Gasteiger partial charge in [-0.1, -0.05) is 50.0 Å². The molecule has 1 saturated carbocycles. The highest BCUT2D eigenvalue weighted by Crippen LogP contribution is 2.49. The summed E-state index contributed by atoms with van der Waals surface area (Å²) in [6.45, 7) is 11.5. The highest BCUT2D eigenvalue weighted by molar-refractivity contribution is 6.76. The molecule has 2 aliphatic heterocycles. The van der Waals surface area contributed by atoms with Crippen molar-refractivity contribution in [1.82, 2.24) is 10.2 Å². The molecular formula is C27H42N2O6Si. The van der Waals surface area contributed by atoms with Crippen LogP contribution in [0.2, 0.25) is 25.7 Å². The van der Waals surface area contributed by atoms with Crippen LogP contribution in [0.1, 0.15) is 44.6 Å². The molecule has 0 bridgehead atoms. The highest BCUT2D eigenvalue weighted by Gasteiger charge is 2.55. The van der Waals surface area contributed by atoms with E-state index >= 15 is 0 Å². The predicted molar refractivity (Wildman–Crippen MR) is 139 cm³/mol. The van der Waals surface area contributed by atoms with Crippen LogP contribution in [0.25, 0.3) is 0 Å². The molecule has 1 N–H and O–H groups in total. The second-order valence-corrected chi connectivity index (χ2v) is 17.7. The molecule has 2 saturated heterocycles. The summed E-state index contributed by atoms with van der Waals surface area (Å²) in [6.07, 6.45) is 3.61. The number of nitrogens with zero attached hydrogens (tertiary/aromatic N) is 1. The number of rotatable bonds is 11. The van der Waals surface area contributed by atoms with E-state index < -0.39 is 19.4 Å². The van der Waals surface area contributed by atoms with E-state index in [4.69, 9.17) is 18.9 Å². The van der Waals surface area contributed by atoms with E-state index in [0.29, 0.717) is 39.5 Å². The molecular weight excluding hydrogens is 476 g/mol. The van der Waals surface area contributed by atoms with Gasteiger partial charge in [0.15, 0.2) is 5.79 Å². The second kappa shape index (κ2) is 10.9. The minimum absolute atomic E-state index is 0.00691. The third kappa shape index (κ3) is 6.55. The molecule has 4 rings (SSSR count). The number of ether oxygens (including phenoxy) is 4. The topological polar surface area (TPSA) is 86.3 Å². The van der Waals surface area contributed by atoms with Crippen molar-refractivity contribution in [2.24, 2.45) is 5.41 Å². The highest BCUT2D eigenvalue weighted by atomic mass is 28.3. The Morgan fingerprint density at radius 1 is 1.00 bits per heavy atom. The number of hydrogen-bond acceptors (Lipinski definition) is 6. The van der Waals surface area contributed by atoms with Crippen LogP contribution in [-0.4, -0.2) is 69.4 Å². The molecule has 1 spiro atoms. The zero-order valence-corrected chi connectivity index (χ0v) is 23.3. The SMILES string of the molecule is C[C@@]1(CC2(COCc3ccccc3)CCC3(CC2)OCCO3)NC(=O)N(COCC[Si](C)(C)C)C1=O. The fraction of sp³-hybridized carbons (Fsp3) is 0.704. The lowest BCUT2D eigenvalue weighted by molar-refractivity contribution is -0.199. The number of nitrogens with one attached hydrogen (secondary N) is 1. The molecule has 3 amide bonds. The van der Waals surface area contributed by atoms with E-state index in [-0.39, 0.29) is 24.1 Å². The van der Waals surface area contributed by atoms with Gasteiger partial charge in [0.25, 0.3) is 5.91 Å². The van der Waals surface area contributed by atoms with Gasteiger partial charge in [-0.25, -0.2) is 9.69 Å². The fourth-order valence-corrected chi connectivity index (χ4v) is 6.30. The Morgan fingerprint density at radius 2 is 1.67 bits per heavy atom. The Labute approximate surface area is 216 Å². The van der Waals surface area contributed by atoms with E-state index in [0.717, 1.165) is 37.3 Å². The van der Waals surface area contributed by atoms with Crippen molar-refractivity contribution in [1.29, 1.82) is 0 Å². The first-order valence-electron chi connectivity index (χ1n) is 13.2. The second-order valence-electron chi connectivity index (χ2n) is 12.1. The Hall–Kier alpha value is -1.78. The number of hydrogen-bond donors (Lipinski definition) is 1. The largest absolute Gasteiger partial charge is 0.376 e. The van der Waals surface area contributed by atoms with Crippen LogP contribution < -0.4 is 5.32 Å². The van der Waals surface area contributed by atoms with Crippen molar-refractivity contribution in [2.75, 3.05) is 33.2 Å². The smallest absolute Gasteiger partial charge is 0.326 e. The average molecular weight is 519 g/mol. The van der Waals surface area contributed by atoms with Crippen molar-refractivity contribution in [2.45, 2.75) is 82.6 Å². The molecule has 1 atom stereocenters. The van der Waals surface area contributed by atoms with Gasteiger partial charge in [0.2, 0.25) is 0 Å². The van der Waals surface area contributed by atoms with E-state index in [9.17, 15) is 9.59 Å². The van der Waals surface area contributed by atoms with Crippen LogP contribution in [0.4, 0.5) is 4.79 Å². The van der Waals surface area contributed by atoms with Gasteiger partial charge in [0.05, 0.1) is 26.4 Å². The molecule has 0 unspecified atom stereocenters. The molecule has 200 valence electrons. The number of urea groups is 1. The van der Waals surface area contributed by atoms with Crippen molar-refractivity contribution < 1.29 is 28.5 Å². The van der Waals surface area contributed by atoms with Crippen LogP contribution in [0.5, 0.6) is 0 Å². The summed E-state index contributed by atoms with van der Waals surface area (Å²) in [4.78, 5) is 27.5. The predicted octanol–water partition coefficient (Wildman–Crippen LogP) is 4.52. The zero-order valence-electron chi connectivity index (χ0n) is 22.3. The van der Waals surface area contributed by atoms with Crippen LogP contribution in [-0.2, 0) is 30.3 Å². The fourth-order valence-electron chi connectivity index (χ4n) is 5.55. The third-order valence-corrected chi connectivity index (χ3v) is 9.40. The molecule has 1 aromatic rings. The van der Waals surface area contributed by atoms with Crippen LogP contribution >= 0.6 is 0 Å². The minimum Gasteiger partial charge on any atom is -0.376 e. The molecule has 0 radical (unpaired) electrons. The maximum atomic E-state index is 13.5. The van der Waals surface area contributed by atoms with Gasteiger partial charge >= 0.3 is 6.03 Å². The van der Waals surface area contributed by atoms with Crippen molar-refractivity contribution >= 4 is 20.0 Å². The summed E-state index contributed by atoms with van der Waals surface area (Å²) in [6, 6.07) is 10.7. The summed E-state index contributed by atoms with van der Waals surface area (Å²) in [7, 11) is -1.25. The lowest BCUT2D eigenvalue weighted by Crippen LogP contribution is -2.52. The minimum atomic E-state index is -1.25. The number of benzene rings is 1. The summed E-state index contributed by atoms with van der Waals surface area (Å²) in [5.41, 5.74) is -0.167. The molecule has 9 heteroatoms. The van der Waals surface area contributed by atoms with Gasteiger partial charge in [-0.3, -0.25) is 4.79 Å². The van der Waals surface area contributed by atoms with Gasteiger partial charge < -0.3 is 24.3 Å². The maximum absolute atomic E-state index is 13.5. The van der Waals surface area contributed by atoms with E-state index in [1.807, 2.05) is 37.3 Å². The monoisotopic (exact) mass is 518 g/mol. The van der Waals surface area contributed by atoms with Crippen molar-refractivity contribution in [3.8, 4) is 0 Å². The third-order valence-electron chi connectivity index (χ3n) is 7.70. The first-order chi connectivity index (χ1) is 17.0. The molecule has 0 aromatic heterocycles. The number of carbonyl (C=O) groups is 2. The number of imide groups is 1. The zero-order chi connectivity index (χ0) is 25.9. The Morgan fingerprint density at radius 3 is 2.31 bits per heavy atom. The van der Waals surface area contributed by atoms with E-state index in [1.165, 1.54) is 4.90 Å². The first-order valence-corrected chi connectivity index (χ1v) is 16.9. The van der Waals surface area contributed by atoms with E-state index in [1.54, 1.807) is 0 Å². The Balaban J connectivity index is 1.41. The summed E-state index contributed by atoms with van der Waals surface area (Å²) < 4.78 is 23.9. The molecule has 1 aliphatic carbocycles. The van der Waals surface area contributed by atoms with Crippen LogP contribution in [0.15, 0.2) is 30.3 Å². The number of amides is 3. The summed E-state index contributed by atoms with van der Waals surface area (Å²) in [5.74, 6) is -0.736. The lowest BCUT2D eigenvalue weighted by Gasteiger charge is -2.46. The standard InChI is InChI=1S/C27H42N2O6Si/c1-25(23(30)29(24(31)28-25)21-32-16-17-36(2,3)4)19-26(20-33-18-22-8-6-5-7-9-22)10-12-27(13-11-26)34-14-15-35-27/h5-9H,10-21H2,1-4H3,(H,28,31)/t25-/m0/s1. The summed E-state index contributed by atoms with van der Waals surface area (Å²) >= 11 is 0. The van der Waals surface area contributed by atoms with Crippen molar-refractivity contribution in [3.05, 3.63) is 35.9 Å². The quantitative estimate of drug-likeness (QED) is 0.263. The van der Waals surface area contributed by atoms with Gasteiger partial charge in [-0.2, -0.15) is 0 Å². The normalized spacial score (nSPS) is 25.5. The Kier molecular flexibility index (Phi) is 8.26.